The number of nitrogens with zero attached hydrogens (tertiary/aromatic N) is 2. The van der Waals surface area contributed by atoms with Crippen molar-refractivity contribution in [1.29, 1.82) is 0 Å². The summed E-state index contributed by atoms with van der Waals surface area (Å²) in [6.07, 6.45) is 13.8. The fourth-order valence-corrected chi connectivity index (χ4v) is 5.52. The molecule has 0 radical (unpaired) electrons. The number of aromatic nitrogens is 1. The molecule has 1 N–H and O–H groups in total. The molecule has 0 saturated heterocycles. The summed E-state index contributed by atoms with van der Waals surface area (Å²) in [5, 5.41) is 4.20. The number of benzene rings is 1. The van der Waals surface area contributed by atoms with E-state index in [9.17, 15) is 4.39 Å². The van der Waals surface area contributed by atoms with E-state index in [2.05, 4.69) is 55.6 Å². The first-order valence-electron chi connectivity index (χ1n) is 14.6. The van der Waals surface area contributed by atoms with Crippen LogP contribution in [-0.4, -0.2) is 35.6 Å². The molecule has 1 aliphatic rings. The molecule has 36 heavy (non-hydrogen) atoms. The molecule has 0 aliphatic heterocycles. The number of unbranched alkanes of at least 4 members (excludes halogenated alkanes) is 3. The third-order valence-electron chi connectivity index (χ3n) is 7.42. The molecule has 3 rings (SSSR count). The van der Waals surface area contributed by atoms with Crippen LogP contribution < -0.4 is 5.32 Å². The van der Waals surface area contributed by atoms with Crippen molar-refractivity contribution in [2.45, 2.75) is 98.4 Å². The molecule has 1 aromatic heterocycles. The van der Waals surface area contributed by atoms with Crippen LogP contribution in [0.1, 0.15) is 96.7 Å². The molecule has 2 aromatic rings. The number of rotatable bonds is 15. The third-order valence-corrected chi connectivity index (χ3v) is 7.42. The number of fused-ring (bicyclic) bond motifs is 3. The Labute approximate surface area is 220 Å². The average Bonchev–Trinajstić information content (AvgIpc) is 3.19. The van der Waals surface area contributed by atoms with Crippen molar-refractivity contribution in [2.24, 2.45) is 5.92 Å². The first kappa shape index (κ1) is 30.2. The van der Waals surface area contributed by atoms with Crippen LogP contribution in [0.25, 0.3) is 16.5 Å². The zero-order valence-corrected chi connectivity index (χ0v) is 23.7. The van der Waals surface area contributed by atoms with Gasteiger partial charge in [0.25, 0.3) is 0 Å². The summed E-state index contributed by atoms with van der Waals surface area (Å²) >= 11 is 0. The van der Waals surface area contributed by atoms with Gasteiger partial charge in [-0.3, -0.25) is 0 Å². The molecule has 3 nitrogen and oxygen atoms in total. The van der Waals surface area contributed by atoms with E-state index >= 15 is 0 Å². The van der Waals surface area contributed by atoms with Crippen molar-refractivity contribution >= 4 is 16.5 Å². The lowest BCUT2D eigenvalue weighted by molar-refractivity contribution is 0.270. The number of aryl methyl sites for hydroxylation is 1. The molecular formula is C32H52FN3. The molecule has 0 amide bonds. The highest BCUT2D eigenvalue weighted by Crippen LogP contribution is 2.42. The SMILES string of the molecule is C=CNCCCCCn1c2c(c3cc(F)ccc31)C(=C)C(CC)CC2.CCCCN(CCC)CCC. The van der Waals surface area contributed by atoms with Crippen LogP contribution in [0.3, 0.4) is 0 Å². The Balaban J connectivity index is 0.000000352. The predicted molar refractivity (Wildman–Crippen MR) is 157 cm³/mol. The van der Waals surface area contributed by atoms with E-state index < -0.39 is 0 Å². The molecule has 0 bridgehead atoms. The highest BCUT2D eigenvalue weighted by atomic mass is 19.1. The number of allylic oxidation sites excluding steroid dienone is 1. The van der Waals surface area contributed by atoms with Crippen LogP contribution in [-0.2, 0) is 13.0 Å². The zero-order valence-electron chi connectivity index (χ0n) is 23.7. The first-order chi connectivity index (χ1) is 17.5. The van der Waals surface area contributed by atoms with Crippen LogP contribution in [0.5, 0.6) is 0 Å². The molecule has 1 atom stereocenters. The Hall–Kier alpha value is -2.07. The minimum Gasteiger partial charge on any atom is -0.391 e. The molecule has 0 fully saturated rings. The maximum absolute atomic E-state index is 13.9. The molecule has 1 heterocycles. The normalized spacial score (nSPS) is 15.1. The van der Waals surface area contributed by atoms with E-state index in [0.29, 0.717) is 5.92 Å². The summed E-state index contributed by atoms with van der Waals surface area (Å²) in [6, 6.07) is 5.22. The number of halogens is 1. The molecule has 1 aromatic carbocycles. The van der Waals surface area contributed by atoms with Crippen LogP contribution in [0, 0.1) is 11.7 Å². The number of hydrogen-bond acceptors (Lipinski definition) is 2. The lowest BCUT2D eigenvalue weighted by atomic mass is 9.81. The highest BCUT2D eigenvalue weighted by Gasteiger charge is 2.27. The minimum absolute atomic E-state index is 0.158. The van der Waals surface area contributed by atoms with Gasteiger partial charge in [-0.15, -0.1) is 0 Å². The summed E-state index contributed by atoms with van der Waals surface area (Å²) < 4.78 is 16.3. The van der Waals surface area contributed by atoms with Gasteiger partial charge in [-0.1, -0.05) is 47.3 Å². The van der Waals surface area contributed by atoms with Gasteiger partial charge in [-0.25, -0.2) is 4.39 Å². The standard InChI is InChI=1S/C22H29FN2.C10H23N/c1-4-17-9-11-21-22(16(17)3)19-15-18(23)10-12-20(19)25(21)14-8-6-7-13-24-5-2;1-4-7-10-11(8-5-2)9-6-3/h5,10,12,15,17,24H,2-4,6-9,11,13-14H2,1H3;4-10H2,1-3H3. The Morgan fingerprint density at radius 2 is 1.78 bits per heavy atom. The second kappa shape index (κ2) is 16.6. The van der Waals surface area contributed by atoms with Crippen LogP contribution >= 0.6 is 0 Å². The molecule has 4 heteroatoms. The van der Waals surface area contributed by atoms with E-state index in [1.165, 1.54) is 68.6 Å². The van der Waals surface area contributed by atoms with Gasteiger partial charge in [0.05, 0.1) is 0 Å². The van der Waals surface area contributed by atoms with Crippen LogP contribution in [0.2, 0.25) is 0 Å². The van der Waals surface area contributed by atoms with Gasteiger partial charge in [0.2, 0.25) is 0 Å². The lowest BCUT2D eigenvalue weighted by Gasteiger charge is -2.25. The third kappa shape index (κ3) is 8.50. The van der Waals surface area contributed by atoms with Gasteiger partial charge < -0.3 is 14.8 Å². The monoisotopic (exact) mass is 497 g/mol. The molecule has 0 saturated carbocycles. The van der Waals surface area contributed by atoms with E-state index in [-0.39, 0.29) is 5.82 Å². The maximum atomic E-state index is 13.9. The van der Waals surface area contributed by atoms with Gasteiger partial charge in [0.15, 0.2) is 0 Å². The van der Waals surface area contributed by atoms with Gasteiger partial charge >= 0.3 is 0 Å². The Bertz CT molecular complexity index is 923. The number of hydrogen-bond donors (Lipinski definition) is 1. The van der Waals surface area contributed by atoms with Crippen molar-refractivity contribution in [3.8, 4) is 0 Å². The van der Waals surface area contributed by atoms with Crippen molar-refractivity contribution in [3.05, 3.63) is 54.6 Å². The Kier molecular flexibility index (Phi) is 13.9. The first-order valence-corrected chi connectivity index (χ1v) is 14.6. The van der Waals surface area contributed by atoms with Crippen LogP contribution in [0.4, 0.5) is 4.39 Å². The Morgan fingerprint density at radius 1 is 1.03 bits per heavy atom. The summed E-state index contributed by atoms with van der Waals surface area (Å²) in [7, 11) is 0. The molecule has 1 aliphatic carbocycles. The van der Waals surface area contributed by atoms with E-state index in [1.807, 2.05) is 6.07 Å². The maximum Gasteiger partial charge on any atom is 0.123 e. The lowest BCUT2D eigenvalue weighted by Crippen LogP contribution is -2.26. The van der Waals surface area contributed by atoms with E-state index in [4.69, 9.17) is 0 Å². The van der Waals surface area contributed by atoms with E-state index in [0.717, 1.165) is 56.1 Å². The quantitative estimate of drug-likeness (QED) is 0.249. The Morgan fingerprint density at radius 3 is 2.42 bits per heavy atom. The van der Waals surface area contributed by atoms with Crippen LogP contribution in [0.15, 0.2) is 37.6 Å². The fraction of sp³-hybridized carbons (Fsp3) is 0.625. The number of nitrogens with one attached hydrogen (secondary N) is 1. The van der Waals surface area contributed by atoms with Gasteiger partial charge in [-0.2, -0.15) is 0 Å². The van der Waals surface area contributed by atoms with E-state index in [1.54, 1.807) is 18.3 Å². The fourth-order valence-electron chi connectivity index (χ4n) is 5.52. The molecular weight excluding hydrogens is 445 g/mol. The average molecular weight is 498 g/mol. The largest absolute Gasteiger partial charge is 0.391 e. The topological polar surface area (TPSA) is 20.2 Å². The summed E-state index contributed by atoms with van der Waals surface area (Å²) in [6.45, 7) is 22.9. The second-order valence-electron chi connectivity index (χ2n) is 10.2. The van der Waals surface area contributed by atoms with Gasteiger partial charge in [0, 0.05) is 35.2 Å². The predicted octanol–water partition coefficient (Wildman–Crippen LogP) is 8.58. The molecule has 0 spiro atoms. The zero-order chi connectivity index (χ0) is 26.3. The van der Waals surface area contributed by atoms with Crippen molar-refractivity contribution in [3.63, 3.8) is 0 Å². The smallest absolute Gasteiger partial charge is 0.123 e. The molecule has 202 valence electrons. The van der Waals surface area contributed by atoms with Crippen molar-refractivity contribution < 1.29 is 4.39 Å². The van der Waals surface area contributed by atoms with Gasteiger partial charge in [0.1, 0.15) is 5.82 Å². The summed E-state index contributed by atoms with van der Waals surface area (Å²) in [5.74, 6) is 0.370. The summed E-state index contributed by atoms with van der Waals surface area (Å²) in [5.41, 5.74) is 4.95. The minimum atomic E-state index is -0.158. The molecule has 1 unspecified atom stereocenters. The van der Waals surface area contributed by atoms with Gasteiger partial charge in [-0.05, 0) is 113 Å². The second-order valence-corrected chi connectivity index (χ2v) is 10.2. The van der Waals surface area contributed by atoms with Crippen molar-refractivity contribution in [1.82, 2.24) is 14.8 Å². The summed E-state index contributed by atoms with van der Waals surface area (Å²) in [4.78, 5) is 2.57. The van der Waals surface area contributed by atoms with Crippen molar-refractivity contribution in [2.75, 3.05) is 26.2 Å². The highest BCUT2D eigenvalue weighted by molar-refractivity contribution is 5.95.